The smallest absolute Gasteiger partial charge is 0.305 e. The first-order chi connectivity index (χ1) is 11.4. The highest BCUT2D eigenvalue weighted by atomic mass is 32.2. The van der Waals surface area contributed by atoms with Crippen molar-refractivity contribution in [2.45, 2.75) is 24.8 Å². The lowest BCUT2D eigenvalue weighted by Gasteiger charge is -2.14. The molecule has 1 aliphatic heterocycles. The third kappa shape index (κ3) is 3.07. The number of aryl methyl sites for hydroxylation is 1. The standard InChI is InChI=1S/C17H19O5PS/c1-3-21-23(18)17-13(2)8-7-11-15(17)16(22-23)12-24(19,20)14-9-5-4-6-10-14/h4-11,16H,3,12H2,1-2H3. The molecular formula is C17H19O5PS. The normalized spacial score (nSPS) is 23.2. The average molecular weight is 366 g/mol. The van der Waals surface area contributed by atoms with Gasteiger partial charge in [-0.25, -0.2) is 8.42 Å². The van der Waals surface area contributed by atoms with Crippen molar-refractivity contribution >= 4 is 22.7 Å². The molecule has 2 aromatic rings. The minimum atomic E-state index is -3.57. The summed E-state index contributed by atoms with van der Waals surface area (Å²) in [5, 5.41) is 0.500. The quantitative estimate of drug-likeness (QED) is 0.759. The first-order valence-corrected chi connectivity index (χ1v) is 10.9. The molecule has 0 N–H and O–H groups in total. The molecule has 1 aliphatic rings. The molecule has 5 nitrogen and oxygen atoms in total. The predicted molar refractivity (Wildman–Crippen MR) is 92.4 cm³/mol. The van der Waals surface area contributed by atoms with Gasteiger partial charge in [0, 0.05) is 0 Å². The molecule has 0 radical (unpaired) electrons. The van der Waals surface area contributed by atoms with Crippen LogP contribution in [0.15, 0.2) is 53.4 Å². The number of hydrogen-bond donors (Lipinski definition) is 0. The maximum atomic E-state index is 13.0. The molecule has 2 aromatic carbocycles. The number of hydrogen-bond acceptors (Lipinski definition) is 5. The number of benzene rings is 2. The molecule has 0 spiro atoms. The van der Waals surface area contributed by atoms with E-state index >= 15 is 0 Å². The van der Waals surface area contributed by atoms with E-state index in [0.29, 0.717) is 10.9 Å². The van der Waals surface area contributed by atoms with E-state index in [1.54, 1.807) is 49.4 Å². The highest BCUT2D eigenvalue weighted by molar-refractivity contribution is 7.91. The zero-order chi connectivity index (χ0) is 17.4. The Morgan fingerprint density at radius 3 is 2.50 bits per heavy atom. The maximum Gasteiger partial charge on any atom is 0.362 e. The molecule has 2 unspecified atom stereocenters. The Labute approximate surface area is 142 Å². The van der Waals surface area contributed by atoms with E-state index < -0.39 is 23.5 Å². The van der Waals surface area contributed by atoms with Gasteiger partial charge in [-0.3, -0.25) is 9.09 Å². The zero-order valence-electron chi connectivity index (χ0n) is 13.5. The summed E-state index contributed by atoms with van der Waals surface area (Å²) in [6.07, 6.45) is -0.803. The third-order valence-electron chi connectivity index (χ3n) is 3.93. The minimum absolute atomic E-state index is 0.223. The Balaban J connectivity index is 2.00. The van der Waals surface area contributed by atoms with Crippen LogP contribution in [0.25, 0.3) is 0 Å². The van der Waals surface area contributed by atoms with E-state index in [1.807, 2.05) is 13.0 Å². The molecule has 0 saturated carbocycles. The van der Waals surface area contributed by atoms with E-state index in [0.717, 1.165) is 5.56 Å². The maximum absolute atomic E-state index is 13.0. The van der Waals surface area contributed by atoms with Gasteiger partial charge >= 0.3 is 7.60 Å². The molecule has 0 aliphatic carbocycles. The van der Waals surface area contributed by atoms with Crippen LogP contribution in [0.1, 0.15) is 24.2 Å². The van der Waals surface area contributed by atoms with E-state index in [2.05, 4.69) is 0 Å². The number of sulfone groups is 1. The Hall–Kier alpha value is -1.46. The van der Waals surface area contributed by atoms with Gasteiger partial charge in [-0.2, -0.15) is 0 Å². The minimum Gasteiger partial charge on any atom is -0.305 e. The lowest BCUT2D eigenvalue weighted by molar-refractivity contribution is 0.185. The Bertz CT molecular complexity index is 892. The second-order valence-corrected chi connectivity index (χ2v) is 9.56. The Morgan fingerprint density at radius 1 is 1.12 bits per heavy atom. The second kappa shape index (κ2) is 6.45. The highest BCUT2D eigenvalue weighted by Gasteiger charge is 2.45. The van der Waals surface area contributed by atoms with Crippen LogP contribution in [-0.2, 0) is 23.4 Å². The molecule has 0 bridgehead atoms. The highest BCUT2D eigenvalue weighted by Crippen LogP contribution is 2.58. The van der Waals surface area contributed by atoms with Crippen LogP contribution >= 0.6 is 7.60 Å². The van der Waals surface area contributed by atoms with Crippen molar-refractivity contribution < 1.29 is 22.0 Å². The van der Waals surface area contributed by atoms with Crippen LogP contribution < -0.4 is 5.30 Å². The van der Waals surface area contributed by atoms with Crippen LogP contribution in [0.2, 0.25) is 0 Å². The molecule has 0 amide bonds. The lowest BCUT2D eigenvalue weighted by atomic mass is 10.1. The van der Waals surface area contributed by atoms with Gasteiger partial charge in [-0.1, -0.05) is 36.4 Å². The predicted octanol–water partition coefficient (Wildman–Crippen LogP) is 3.40. The molecule has 24 heavy (non-hydrogen) atoms. The van der Waals surface area contributed by atoms with Crippen LogP contribution in [-0.4, -0.2) is 20.8 Å². The van der Waals surface area contributed by atoms with Gasteiger partial charge in [0.1, 0.15) is 6.10 Å². The van der Waals surface area contributed by atoms with Gasteiger partial charge < -0.3 is 4.52 Å². The summed E-state index contributed by atoms with van der Waals surface area (Å²) in [5.41, 5.74) is 1.41. The van der Waals surface area contributed by atoms with Crippen LogP contribution in [0.3, 0.4) is 0 Å². The summed E-state index contributed by atoms with van der Waals surface area (Å²) in [7, 11) is -7.06. The second-order valence-electron chi connectivity index (χ2n) is 5.62. The fraction of sp³-hybridized carbons (Fsp3) is 0.294. The summed E-state index contributed by atoms with van der Waals surface area (Å²) in [4.78, 5) is 0.223. The molecule has 128 valence electrons. The van der Waals surface area contributed by atoms with Gasteiger partial charge in [0.15, 0.2) is 9.84 Å². The number of rotatable bonds is 5. The van der Waals surface area contributed by atoms with E-state index in [1.165, 1.54) is 0 Å². The van der Waals surface area contributed by atoms with Gasteiger partial charge in [-0.05, 0) is 37.1 Å². The first kappa shape index (κ1) is 17.4. The van der Waals surface area contributed by atoms with Gasteiger partial charge in [-0.15, -0.1) is 0 Å². The molecule has 3 rings (SSSR count). The van der Waals surface area contributed by atoms with E-state index in [4.69, 9.17) is 9.05 Å². The van der Waals surface area contributed by atoms with Gasteiger partial charge in [0.25, 0.3) is 0 Å². The third-order valence-corrected chi connectivity index (χ3v) is 7.95. The number of fused-ring (bicyclic) bond motifs is 1. The van der Waals surface area contributed by atoms with Crippen LogP contribution in [0.5, 0.6) is 0 Å². The van der Waals surface area contributed by atoms with Crippen molar-refractivity contribution in [3.63, 3.8) is 0 Å². The Kier molecular flexibility index (Phi) is 4.67. The largest absolute Gasteiger partial charge is 0.362 e. The average Bonchev–Trinajstić information content (AvgIpc) is 2.81. The molecular weight excluding hydrogens is 347 g/mol. The van der Waals surface area contributed by atoms with Gasteiger partial charge in [0.05, 0.1) is 22.6 Å². The first-order valence-electron chi connectivity index (χ1n) is 7.68. The fourth-order valence-corrected chi connectivity index (χ4v) is 6.61. The summed E-state index contributed by atoms with van der Waals surface area (Å²) in [6, 6.07) is 13.6. The van der Waals surface area contributed by atoms with Crippen molar-refractivity contribution in [3.05, 3.63) is 59.7 Å². The molecule has 0 fully saturated rings. The van der Waals surface area contributed by atoms with E-state index in [-0.39, 0.29) is 17.3 Å². The summed E-state index contributed by atoms with van der Waals surface area (Å²) in [5.74, 6) is -0.273. The summed E-state index contributed by atoms with van der Waals surface area (Å²) < 4.78 is 49.4. The SMILES string of the molecule is CCOP1(=O)OC(CS(=O)(=O)c2ccccc2)c2cccc(C)c21. The van der Waals surface area contributed by atoms with Crippen LogP contribution in [0.4, 0.5) is 0 Å². The Morgan fingerprint density at radius 2 is 1.83 bits per heavy atom. The van der Waals surface area contributed by atoms with Crippen molar-refractivity contribution in [2.75, 3.05) is 12.4 Å². The lowest BCUT2D eigenvalue weighted by Crippen LogP contribution is -2.16. The molecule has 1 heterocycles. The molecule has 0 saturated heterocycles. The van der Waals surface area contributed by atoms with Gasteiger partial charge in [0.2, 0.25) is 0 Å². The van der Waals surface area contributed by atoms with Crippen molar-refractivity contribution in [3.8, 4) is 0 Å². The molecule has 0 aromatic heterocycles. The molecule has 7 heteroatoms. The van der Waals surface area contributed by atoms with Crippen molar-refractivity contribution in [1.82, 2.24) is 0 Å². The van der Waals surface area contributed by atoms with E-state index in [9.17, 15) is 13.0 Å². The monoisotopic (exact) mass is 366 g/mol. The summed E-state index contributed by atoms with van der Waals surface area (Å²) >= 11 is 0. The fourth-order valence-electron chi connectivity index (χ4n) is 2.90. The topological polar surface area (TPSA) is 69.7 Å². The zero-order valence-corrected chi connectivity index (χ0v) is 15.2. The summed E-state index contributed by atoms with van der Waals surface area (Å²) in [6.45, 7) is 3.78. The van der Waals surface area contributed by atoms with Crippen molar-refractivity contribution in [2.24, 2.45) is 0 Å². The molecule has 2 atom stereocenters. The van der Waals surface area contributed by atoms with Crippen molar-refractivity contribution in [1.29, 1.82) is 0 Å². The van der Waals surface area contributed by atoms with Crippen LogP contribution in [0, 0.1) is 6.92 Å².